The molecule has 6 heteroatoms. The summed E-state index contributed by atoms with van der Waals surface area (Å²) in [6.45, 7) is 0. The fourth-order valence-corrected chi connectivity index (χ4v) is 1.06. The first-order valence-electron chi connectivity index (χ1n) is 3.80. The first-order valence-corrected chi connectivity index (χ1v) is 3.80. The Balaban J connectivity index is 2.78. The molecule has 0 aliphatic heterocycles. The molecule has 0 spiro atoms. The van der Waals surface area contributed by atoms with Crippen molar-refractivity contribution in [3.63, 3.8) is 0 Å². The van der Waals surface area contributed by atoms with Gasteiger partial charge >= 0.3 is 12.1 Å². The number of hydrogen-bond acceptors (Lipinski definition) is 2. The van der Waals surface area contributed by atoms with Gasteiger partial charge in [0.1, 0.15) is 0 Å². The summed E-state index contributed by atoms with van der Waals surface area (Å²) in [4.78, 5) is 10.3. The molecule has 0 aromatic heterocycles. The molecule has 1 atom stereocenters. The highest BCUT2D eigenvalue weighted by molar-refractivity contribution is 5.78. The predicted octanol–water partition coefficient (Wildman–Crippen LogP) is 1.16. The maximum Gasteiger partial charge on any atom is 0.428 e. The Hall–Kier alpha value is -0.780. The summed E-state index contributed by atoms with van der Waals surface area (Å²) in [6, 6.07) is 0. The lowest BCUT2D eigenvalue weighted by atomic mass is 9.96. The topological polar surface area (TPSA) is 57.5 Å². The zero-order chi connectivity index (χ0) is 10.3. The summed E-state index contributed by atoms with van der Waals surface area (Å²) in [7, 11) is 0. The second-order valence-electron chi connectivity index (χ2n) is 3.31. The van der Waals surface area contributed by atoms with E-state index in [0.717, 1.165) is 0 Å². The lowest BCUT2D eigenvalue weighted by Gasteiger charge is -2.25. The van der Waals surface area contributed by atoms with Gasteiger partial charge in [-0.2, -0.15) is 13.2 Å². The van der Waals surface area contributed by atoms with E-state index in [1.54, 1.807) is 0 Å². The Labute approximate surface area is 72.2 Å². The average molecular weight is 198 g/mol. The largest absolute Gasteiger partial charge is 0.479 e. The minimum Gasteiger partial charge on any atom is -0.479 e. The van der Waals surface area contributed by atoms with Gasteiger partial charge in [0.05, 0.1) is 0 Å². The molecule has 13 heavy (non-hydrogen) atoms. The Morgan fingerprint density at radius 3 is 2.08 bits per heavy atom. The third-order valence-corrected chi connectivity index (χ3v) is 2.10. The maximum absolute atomic E-state index is 12.1. The molecule has 0 amide bonds. The highest BCUT2D eigenvalue weighted by atomic mass is 19.4. The van der Waals surface area contributed by atoms with Crippen LogP contribution in [0.5, 0.6) is 0 Å². The monoisotopic (exact) mass is 198 g/mol. The van der Waals surface area contributed by atoms with Gasteiger partial charge in [-0.1, -0.05) is 12.8 Å². The molecule has 0 heterocycles. The number of carboxylic acids is 1. The van der Waals surface area contributed by atoms with Gasteiger partial charge < -0.3 is 10.2 Å². The fourth-order valence-electron chi connectivity index (χ4n) is 1.06. The molecule has 1 fully saturated rings. The number of aliphatic hydroxyl groups is 1. The molecule has 0 bridgehead atoms. The van der Waals surface area contributed by atoms with E-state index in [2.05, 4.69) is 0 Å². The van der Waals surface area contributed by atoms with Crippen LogP contribution in [0.2, 0.25) is 0 Å². The highest BCUT2D eigenvalue weighted by Gasteiger charge is 2.61. The molecule has 0 aromatic rings. The van der Waals surface area contributed by atoms with Crippen molar-refractivity contribution < 1.29 is 28.2 Å². The Kier molecular flexibility index (Phi) is 2.27. The van der Waals surface area contributed by atoms with E-state index in [1.165, 1.54) is 0 Å². The summed E-state index contributed by atoms with van der Waals surface area (Å²) in [5.41, 5.74) is -3.56. The summed E-state index contributed by atoms with van der Waals surface area (Å²) >= 11 is 0. The lowest BCUT2D eigenvalue weighted by Crippen LogP contribution is -2.52. The minimum absolute atomic E-state index is 0.303. The maximum atomic E-state index is 12.1. The SMILES string of the molecule is O=C(O)C(O)(CC1CC1)C(F)(F)F. The summed E-state index contributed by atoms with van der Waals surface area (Å²) in [6.07, 6.45) is -4.70. The quantitative estimate of drug-likeness (QED) is 0.715. The van der Waals surface area contributed by atoms with Gasteiger partial charge in [-0.3, -0.25) is 0 Å². The standard InChI is InChI=1S/C7H9F3O3/c8-7(9,10)6(13,5(11)12)3-4-1-2-4/h4,13H,1-3H2,(H,11,12). The normalized spacial score (nSPS) is 22.5. The number of carbonyl (C=O) groups is 1. The van der Waals surface area contributed by atoms with Crippen LogP contribution in [-0.2, 0) is 4.79 Å². The Morgan fingerprint density at radius 2 is 1.85 bits per heavy atom. The van der Waals surface area contributed by atoms with Gasteiger partial charge in [-0.15, -0.1) is 0 Å². The summed E-state index contributed by atoms with van der Waals surface area (Å²) in [5, 5.41) is 17.2. The van der Waals surface area contributed by atoms with E-state index < -0.39 is 24.2 Å². The zero-order valence-corrected chi connectivity index (χ0v) is 6.64. The molecule has 2 N–H and O–H groups in total. The van der Waals surface area contributed by atoms with Crippen molar-refractivity contribution in [2.75, 3.05) is 0 Å². The summed E-state index contributed by atoms with van der Waals surface area (Å²) in [5.74, 6) is -2.52. The number of hydrogen-bond donors (Lipinski definition) is 2. The van der Waals surface area contributed by atoms with Crippen LogP contribution in [0.15, 0.2) is 0 Å². The van der Waals surface area contributed by atoms with Crippen molar-refractivity contribution in [3.8, 4) is 0 Å². The van der Waals surface area contributed by atoms with Crippen molar-refractivity contribution in [1.82, 2.24) is 0 Å². The van der Waals surface area contributed by atoms with Crippen LogP contribution in [0.3, 0.4) is 0 Å². The minimum atomic E-state index is -5.10. The molecular weight excluding hydrogens is 189 g/mol. The smallest absolute Gasteiger partial charge is 0.428 e. The number of carboxylic acid groups (broad SMARTS) is 1. The molecule has 1 rings (SSSR count). The van der Waals surface area contributed by atoms with Gasteiger partial charge in [0.2, 0.25) is 0 Å². The predicted molar refractivity (Wildman–Crippen MR) is 36.0 cm³/mol. The van der Waals surface area contributed by atoms with Crippen LogP contribution in [0, 0.1) is 5.92 Å². The molecule has 1 aliphatic rings. The fraction of sp³-hybridized carbons (Fsp3) is 0.857. The lowest BCUT2D eigenvalue weighted by molar-refractivity contribution is -0.263. The highest BCUT2D eigenvalue weighted by Crippen LogP contribution is 2.43. The van der Waals surface area contributed by atoms with E-state index in [-0.39, 0.29) is 5.92 Å². The summed E-state index contributed by atoms with van der Waals surface area (Å²) < 4.78 is 36.3. The van der Waals surface area contributed by atoms with E-state index in [4.69, 9.17) is 10.2 Å². The molecule has 1 unspecified atom stereocenters. The van der Waals surface area contributed by atoms with E-state index in [1.807, 2.05) is 0 Å². The second kappa shape index (κ2) is 2.87. The Bertz CT molecular complexity index is 222. The zero-order valence-electron chi connectivity index (χ0n) is 6.64. The van der Waals surface area contributed by atoms with Crippen LogP contribution in [0.1, 0.15) is 19.3 Å². The van der Waals surface area contributed by atoms with Crippen LogP contribution in [-0.4, -0.2) is 28.0 Å². The van der Waals surface area contributed by atoms with Crippen LogP contribution in [0.25, 0.3) is 0 Å². The Morgan fingerprint density at radius 1 is 1.38 bits per heavy atom. The number of rotatable bonds is 3. The van der Waals surface area contributed by atoms with Gasteiger partial charge in [-0.05, 0) is 12.3 Å². The van der Waals surface area contributed by atoms with E-state index in [0.29, 0.717) is 12.8 Å². The number of aliphatic carboxylic acids is 1. The van der Waals surface area contributed by atoms with Crippen molar-refractivity contribution >= 4 is 5.97 Å². The number of alkyl halides is 3. The first-order chi connectivity index (χ1) is 5.77. The molecule has 0 saturated heterocycles. The van der Waals surface area contributed by atoms with E-state index >= 15 is 0 Å². The van der Waals surface area contributed by atoms with Gasteiger partial charge in [0.15, 0.2) is 0 Å². The van der Waals surface area contributed by atoms with Crippen molar-refractivity contribution in [3.05, 3.63) is 0 Å². The molecule has 3 nitrogen and oxygen atoms in total. The third kappa shape index (κ3) is 1.93. The molecule has 76 valence electrons. The molecule has 1 saturated carbocycles. The molecule has 0 radical (unpaired) electrons. The van der Waals surface area contributed by atoms with Crippen molar-refractivity contribution in [2.45, 2.75) is 31.0 Å². The van der Waals surface area contributed by atoms with Crippen LogP contribution < -0.4 is 0 Å². The molecule has 0 aromatic carbocycles. The molecule has 1 aliphatic carbocycles. The third-order valence-electron chi connectivity index (χ3n) is 2.10. The van der Waals surface area contributed by atoms with Crippen molar-refractivity contribution in [2.24, 2.45) is 5.92 Å². The van der Waals surface area contributed by atoms with Gasteiger partial charge in [-0.25, -0.2) is 4.79 Å². The van der Waals surface area contributed by atoms with E-state index in [9.17, 15) is 18.0 Å². The second-order valence-corrected chi connectivity index (χ2v) is 3.31. The van der Waals surface area contributed by atoms with Crippen LogP contribution >= 0.6 is 0 Å². The van der Waals surface area contributed by atoms with Crippen LogP contribution in [0.4, 0.5) is 13.2 Å². The average Bonchev–Trinajstić information content (AvgIpc) is 2.68. The van der Waals surface area contributed by atoms with Gasteiger partial charge in [0, 0.05) is 0 Å². The van der Waals surface area contributed by atoms with Gasteiger partial charge in [0.25, 0.3) is 5.60 Å². The number of halogens is 3. The first kappa shape index (κ1) is 10.3. The molecular formula is C7H9F3O3. The van der Waals surface area contributed by atoms with Crippen molar-refractivity contribution in [1.29, 1.82) is 0 Å².